The predicted molar refractivity (Wildman–Crippen MR) is 134 cm³/mol. The van der Waals surface area contributed by atoms with E-state index in [9.17, 15) is 9.59 Å². The van der Waals surface area contributed by atoms with Gasteiger partial charge < -0.3 is 10.6 Å². The van der Waals surface area contributed by atoms with Gasteiger partial charge in [0, 0.05) is 19.3 Å². The van der Waals surface area contributed by atoms with E-state index >= 15 is 0 Å². The van der Waals surface area contributed by atoms with Crippen LogP contribution in [0.4, 0.5) is 0 Å². The van der Waals surface area contributed by atoms with E-state index in [1.807, 2.05) is 37.3 Å². The minimum absolute atomic E-state index is 0.0527. The van der Waals surface area contributed by atoms with Crippen LogP contribution in [-0.4, -0.2) is 34.4 Å². The lowest BCUT2D eigenvalue weighted by Gasteiger charge is -2.21. The van der Waals surface area contributed by atoms with Crippen molar-refractivity contribution in [2.45, 2.75) is 32.7 Å². The van der Waals surface area contributed by atoms with Gasteiger partial charge in [0.05, 0.1) is 28.9 Å². The summed E-state index contributed by atoms with van der Waals surface area (Å²) in [6.07, 6.45) is 3.24. The lowest BCUT2D eigenvalue weighted by molar-refractivity contribution is 0.0940. The number of carbonyl (C=O) groups is 2. The Hall–Kier alpha value is -3.77. The van der Waals surface area contributed by atoms with Crippen molar-refractivity contribution in [1.82, 2.24) is 20.2 Å². The molecule has 174 valence electrons. The Balaban J connectivity index is 1.60. The van der Waals surface area contributed by atoms with Crippen LogP contribution in [-0.2, 0) is 0 Å². The summed E-state index contributed by atoms with van der Waals surface area (Å²) < 4.78 is 1.59. The molecule has 2 N–H and O–H groups in total. The van der Waals surface area contributed by atoms with Crippen LogP contribution in [0.25, 0.3) is 5.52 Å². The molecule has 2 aromatic carbocycles. The third-order valence-corrected chi connectivity index (χ3v) is 6.05. The molecule has 0 spiro atoms. The number of pyridine rings is 1. The topological polar surface area (TPSA) is 75.5 Å². The first-order valence-electron chi connectivity index (χ1n) is 11.6. The molecule has 0 aliphatic rings. The van der Waals surface area contributed by atoms with E-state index in [4.69, 9.17) is 0 Å². The molecule has 0 saturated carbocycles. The fourth-order valence-corrected chi connectivity index (χ4v) is 4.04. The van der Waals surface area contributed by atoms with Crippen molar-refractivity contribution < 1.29 is 9.59 Å². The summed E-state index contributed by atoms with van der Waals surface area (Å²) in [4.78, 5) is 25.9. The van der Waals surface area contributed by atoms with E-state index in [-0.39, 0.29) is 17.6 Å². The van der Waals surface area contributed by atoms with Gasteiger partial charge in [-0.25, -0.2) is 4.52 Å². The third kappa shape index (κ3) is 5.07. The number of Topliss-reactive ketones (excluding diaryl/α,β-unsaturated/α-hetero) is 1. The van der Waals surface area contributed by atoms with Crippen LogP contribution < -0.4 is 10.6 Å². The Morgan fingerprint density at radius 3 is 2.41 bits per heavy atom. The molecule has 0 unspecified atom stereocenters. The largest absolute Gasteiger partial charge is 0.352 e. The molecule has 0 radical (unpaired) electrons. The number of ketones is 1. The van der Waals surface area contributed by atoms with Gasteiger partial charge in [-0.05, 0) is 43.0 Å². The van der Waals surface area contributed by atoms with Crippen molar-refractivity contribution in [2.24, 2.45) is 0 Å². The standard InChI is InChI=1S/C28H30N4O2/c1-4-29-28(34)23-14-15-25-24(17-31-32(25)18-23)27(33)26(22-8-6-5-7-9-22)30-16-20(3)21-12-10-19(2)11-13-21/h5-15,17-18,20,26,30H,4,16H2,1-3H3,(H,29,34)/t20-,26-/m0/s1. The molecule has 34 heavy (non-hydrogen) atoms. The zero-order valence-corrected chi connectivity index (χ0v) is 19.8. The first-order valence-corrected chi connectivity index (χ1v) is 11.6. The number of aryl methyl sites for hydroxylation is 1. The minimum Gasteiger partial charge on any atom is -0.352 e. The van der Waals surface area contributed by atoms with Crippen LogP contribution in [0.3, 0.4) is 0 Å². The molecule has 0 fully saturated rings. The van der Waals surface area contributed by atoms with Crippen LogP contribution in [0, 0.1) is 6.92 Å². The second kappa shape index (κ2) is 10.4. The Morgan fingerprint density at radius 2 is 1.71 bits per heavy atom. The van der Waals surface area contributed by atoms with Crippen LogP contribution >= 0.6 is 0 Å². The van der Waals surface area contributed by atoms with E-state index in [0.717, 1.165) is 5.56 Å². The maximum Gasteiger partial charge on any atom is 0.252 e. The monoisotopic (exact) mass is 454 g/mol. The van der Waals surface area contributed by atoms with Gasteiger partial charge in [0.15, 0.2) is 5.78 Å². The van der Waals surface area contributed by atoms with Crippen LogP contribution in [0.15, 0.2) is 79.1 Å². The fraction of sp³-hybridized carbons (Fsp3) is 0.250. The highest BCUT2D eigenvalue weighted by atomic mass is 16.1. The number of hydrogen-bond acceptors (Lipinski definition) is 4. The Labute approximate surface area is 200 Å². The summed E-state index contributed by atoms with van der Waals surface area (Å²) in [5, 5.41) is 10.6. The molecule has 2 atom stereocenters. The maximum absolute atomic E-state index is 13.7. The summed E-state index contributed by atoms with van der Waals surface area (Å²) in [5.74, 6) is 0.0212. The van der Waals surface area contributed by atoms with Gasteiger partial charge in [-0.15, -0.1) is 0 Å². The molecular formula is C28H30N4O2. The molecule has 2 aromatic heterocycles. The van der Waals surface area contributed by atoms with Gasteiger partial charge in [-0.1, -0.05) is 67.1 Å². The van der Waals surface area contributed by atoms with E-state index in [1.165, 1.54) is 11.1 Å². The Morgan fingerprint density at radius 1 is 0.971 bits per heavy atom. The second-order valence-corrected chi connectivity index (χ2v) is 8.59. The molecule has 6 heteroatoms. The number of carbonyl (C=O) groups excluding carboxylic acids is 2. The Kier molecular flexibility index (Phi) is 7.18. The first-order chi connectivity index (χ1) is 16.5. The van der Waals surface area contributed by atoms with Gasteiger partial charge >= 0.3 is 0 Å². The van der Waals surface area contributed by atoms with Crippen molar-refractivity contribution >= 4 is 17.2 Å². The lowest BCUT2D eigenvalue weighted by Crippen LogP contribution is -2.31. The quantitative estimate of drug-likeness (QED) is 0.359. The highest BCUT2D eigenvalue weighted by Crippen LogP contribution is 2.24. The molecule has 4 aromatic rings. The van der Waals surface area contributed by atoms with E-state index in [1.54, 1.807) is 29.0 Å². The number of rotatable bonds is 9. The van der Waals surface area contributed by atoms with Crippen molar-refractivity contribution in [2.75, 3.05) is 13.1 Å². The summed E-state index contributed by atoms with van der Waals surface area (Å²) in [5.41, 5.74) is 5.05. The molecule has 6 nitrogen and oxygen atoms in total. The van der Waals surface area contributed by atoms with Gasteiger partial charge in [-0.2, -0.15) is 5.10 Å². The molecular weight excluding hydrogens is 424 g/mol. The average molecular weight is 455 g/mol. The predicted octanol–water partition coefficient (Wildman–Crippen LogP) is 4.71. The first kappa shape index (κ1) is 23.4. The van der Waals surface area contributed by atoms with E-state index in [0.29, 0.717) is 29.7 Å². The van der Waals surface area contributed by atoms with Crippen LogP contribution in [0.2, 0.25) is 0 Å². The SMILES string of the molecule is CCNC(=O)c1ccc2c(C(=O)[C@@H](NC[C@H](C)c3ccc(C)cc3)c3ccccc3)cnn2c1. The molecule has 0 aliphatic carbocycles. The maximum atomic E-state index is 13.7. The van der Waals surface area contributed by atoms with Gasteiger partial charge in [0.25, 0.3) is 5.91 Å². The summed E-state index contributed by atoms with van der Waals surface area (Å²) in [6, 6.07) is 21.2. The molecule has 0 aliphatic heterocycles. The van der Waals surface area contributed by atoms with Crippen molar-refractivity contribution in [1.29, 1.82) is 0 Å². The van der Waals surface area contributed by atoms with E-state index < -0.39 is 6.04 Å². The number of nitrogens with zero attached hydrogens (tertiary/aromatic N) is 2. The lowest BCUT2D eigenvalue weighted by atomic mass is 9.95. The zero-order chi connectivity index (χ0) is 24.1. The normalized spacial score (nSPS) is 12.9. The number of nitrogens with one attached hydrogen (secondary N) is 2. The van der Waals surface area contributed by atoms with Gasteiger partial charge in [0.1, 0.15) is 0 Å². The number of fused-ring (bicyclic) bond motifs is 1. The highest BCUT2D eigenvalue weighted by Gasteiger charge is 2.25. The molecule has 4 rings (SSSR count). The van der Waals surface area contributed by atoms with Crippen LogP contribution in [0.1, 0.15) is 63.2 Å². The smallest absolute Gasteiger partial charge is 0.252 e. The third-order valence-electron chi connectivity index (χ3n) is 6.05. The van der Waals surface area contributed by atoms with Crippen molar-refractivity contribution in [3.63, 3.8) is 0 Å². The molecule has 0 saturated heterocycles. The number of benzene rings is 2. The minimum atomic E-state index is -0.509. The van der Waals surface area contributed by atoms with Gasteiger partial charge in [0.2, 0.25) is 0 Å². The zero-order valence-electron chi connectivity index (χ0n) is 19.8. The number of aromatic nitrogens is 2. The Bertz CT molecular complexity index is 1280. The summed E-state index contributed by atoms with van der Waals surface area (Å²) >= 11 is 0. The summed E-state index contributed by atoms with van der Waals surface area (Å²) in [7, 11) is 0. The summed E-state index contributed by atoms with van der Waals surface area (Å²) in [6.45, 7) is 7.30. The second-order valence-electron chi connectivity index (χ2n) is 8.59. The number of amides is 1. The molecule has 1 amide bonds. The molecule has 2 heterocycles. The van der Waals surface area contributed by atoms with E-state index in [2.05, 4.69) is 53.8 Å². The van der Waals surface area contributed by atoms with Gasteiger partial charge in [-0.3, -0.25) is 9.59 Å². The average Bonchev–Trinajstić information content (AvgIpc) is 3.28. The fourth-order valence-electron chi connectivity index (χ4n) is 4.04. The van der Waals surface area contributed by atoms with Crippen LogP contribution in [0.5, 0.6) is 0 Å². The number of hydrogen-bond donors (Lipinski definition) is 2. The van der Waals surface area contributed by atoms with Crippen molar-refractivity contribution in [3.05, 3.63) is 107 Å². The van der Waals surface area contributed by atoms with Crippen molar-refractivity contribution in [3.8, 4) is 0 Å². The molecule has 0 bridgehead atoms. The highest BCUT2D eigenvalue weighted by molar-refractivity contribution is 6.06.